The van der Waals surface area contributed by atoms with Gasteiger partial charge in [-0.1, -0.05) is 42.8 Å². The molecule has 0 aliphatic rings. The first-order chi connectivity index (χ1) is 13.2. The van der Waals surface area contributed by atoms with Gasteiger partial charge in [-0.2, -0.15) is 0 Å². The molecular formula is C20H25ClN2O4S. The molecule has 0 spiro atoms. The minimum atomic E-state index is -3.71. The Bertz CT molecular complexity index is 933. The number of methoxy groups -OCH3 is 1. The SMILES string of the molecule is CCC(C(=O)N(C)Cc1ccccc1OC)N(c1cccc(Cl)c1)S(C)(=O)=O. The predicted molar refractivity (Wildman–Crippen MR) is 112 cm³/mol. The number of sulfonamides is 1. The van der Waals surface area contributed by atoms with Crippen molar-refractivity contribution in [2.45, 2.75) is 25.9 Å². The minimum absolute atomic E-state index is 0.298. The molecule has 0 aliphatic heterocycles. The maximum atomic E-state index is 13.2. The number of halogens is 1. The van der Waals surface area contributed by atoms with E-state index in [4.69, 9.17) is 16.3 Å². The van der Waals surface area contributed by atoms with E-state index >= 15 is 0 Å². The normalized spacial score (nSPS) is 12.3. The molecule has 0 aliphatic carbocycles. The fraction of sp³-hybridized carbons (Fsp3) is 0.350. The van der Waals surface area contributed by atoms with Gasteiger partial charge in [0.2, 0.25) is 15.9 Å². The van der Waals surface area contributed by atoms with Crippen molar-refractivity contribution in [1.29, 1.82) is 0 Å². The summed E-state index contributed by atoms with van der Waals surface area (Å²) >= 11 is 6.04. The van der Waals surface area contributed by atoms with Crippen molar-refractivity contribution in [1.82, 2.24) is 4.90 Å². The molecule has 0 saturated heterocycles. The molecule has 2 rings (SSSR count). The van der Waals surface area contributed by atoms with Crippen molar-refractivity contribution in [3.63, 3.8) is 0 Å². The maximum absolute atomic E-state index is 13.2. The lowest BCUT2D eigenvalue weighted by atomic mass is 10.1. The van der Waals surface area contributed by atoms with E-state index in [9.17, 15) is 13.2 Å². The predicted octanol–water partition coefficient (Wildman–Crippen LogP) is 3.55. The van der Waals surface area contributed by atoms with Crippen molar-refractivity contribution in [3.8, 4) is 5.75 Å². The topological polar surface area (TPSA) is 66.9 Å². The molecule has 0 fully saturated rings. The summed E-state index contributed by atoms with van der Waals surface area (Å²) in [7, 11) is -0.490. The van der Waals surface area contributed by atoms with Crippen LogP contribution >= 0.6 is 11.6 Å². The van der Waals surface area contributed by atoms with Gasteiger partial charge >= 0.3 is 0 Å². The second kappa shape index (κ2) is 9.30. The zero-order chi connectivity index (χ0) is 20.9. The number of nitrogens with zero attached hydrogens (tertiary/aromatic N) is 2. The number of para-hydroxylation sites is 1. The summed E-state index contributed by atoms with van der Waals surface area (Å²) in [6.45, 7) is 2.08. The molecule has 0 aromatic heterocycles. The molecule has 8 heteroatoms. The van der Waals surface area contributed by atoms with Crippen LogP contribution in [0.4, 0.5) is 5.69 Å². The van der Waals surface area contributed by atoms with Gasteiger partial charge < -0.3 is 9.64 Å². The Morgan fingerprint density at radius 3 is 2.43 bits per heavy atom. The van der Waals surface area contributed by atoms with E-state index in [2.05, 4.69) is 0 Å². The Labute approximate surface area is 171 Å². The number of hydrogen-bond donors (Lipinski definition) is 0. The molecule has 152 valence electrons. The summed E-state index contributed by atoms with van der Waals surface area (Å²) in [5.41, 5.74) is 1.20. The molecular weight excluding hydrogens is 400 g/mol. The zero-order valence-electron chi connectivity index (χ0n) is 16.4. The lowest BCUT2D eigenvalue weighted by Gasteiger charge is -2.33. The van der Waals surface area contributed by atoms with Crippen LogP contribution in [0.3, 0.4) is 0 Å². The number of carbonyl (C=O) groups excluding carboxylic acids is 1. The van der Waals surface area contributed by atoms with Gasteiger partial charge in [-0.05, 0) is 30.7 Å². The summed E-state index contributed by atoms with van der Waals surface area (Å²) < 4.78 is 31.5. The largest absolute Gasteiger partial charge is 0.496 e. The van der Waals surface area contributed by atoms with Crippen LogP contribution in [0.5, 0.6) is 5.75 Å². The van der Waals surface area contributed by atoms with Crippen LogP contribution in [-0.2, 0) is 21.4 Å². The average molecular weight is 425 g/mol. The van der Waals surface area contributed by atoms with Gasteiger partial charge in [-0.25, -0.2) is 8.42 Å². The van der Waals surface area contributed by atoms with E-state index in [0.29, 0.717) is 29.4 Å². The number of carbonyl (C=O) groups is 1. The number of hydrogen-bond acceptors (Lipinski definition) is 4. The highest BCUT2D eigenvalue weighted by molar-refractivity contribution is 7.92. The molecule has 0 N–H and O–H groups in total. The van der Waals surface area contributed by atoms with Crippen molar-refractivity contribution in [3.05, 3.63) is 59.1 Å². The van der Waals surface area contributed by atoms with E-state index < -0.39 is 16.1 Å². The first-order valence-electron chi connectivity index (χ1n) is 8.80. The number of anilines is 1. The second-order valence-electron chi connectivity index (χ2n) is 6.47. The van der Waals surface area contributed by atoms with Gasteiger partial charge in [0.05, 0.1) is 19.1 Å². The maximum Gasteiger partial charge on any atom is 0.246 e. The number of rotatable bonds is 8. The summed E-state index contributed by atoms with van der Waals surface area (Å²) in [5.74, 6) is 0.365. The average Bonchev–Trinajstić information content (AvgIpc) is 2.64. The summed E-state index contributed by atoms with van der Waals surface area (Å²) in [5, 5.41) is 0.399. The lowest BCUT2D eigenvalue weighted by Crippen LogP contribution is -2.49. The highest BCUT2D eigenvalue weighted by Gasteiger charge is 2.33. The monoisotopic (exact) mass is 424 g/mol. The molecule has 1 amide bonds. The van der Waals surface area contributed by atoms with E-state index in [-0.39, 0.29) is 5.91 Å². The third-order valence-corrected chi connectivity index (χ3v) is 5.77. The summed E-state index contributed by atoms with van der Waals surface area (Å²) in [6, 6.07) is 13.0. The molecule has 0 saturated carbocycles. The van der Waals surface area contributed by atoms with Crippen molar-refractivity contribution >= 4 is 33.2 Å². The molecule has 28 heavy (non-hydrogen) atoms. The lowest BCUT2D eigenvalue weighted by molar-refractivity contribution is -0.131. The Hall–Kier alpha value is -2.25. The number of benzene rings is 2. The van der Waals surface area contributed by atoms with Gasteiger partial charge in [0, 0.05) is 24.2 Å². The zero-order valence-corrected chi connectivity index (χ0v) is 18.0. The first kappa shape index (κ1) is 22.0. The van der Waals surface area contributed by atoms with Crippen LogP contribution in [0.15, 0.2) is 48.5 Å². The van der Waals surface area contributed by atoms with Gasteiger partial charge in [0.15, 0.2) is 0 Å². The smallest absolute Gasteiger partial charge is 0.246 e. The molecule has 1 unspecified atom stereocenters. The fourth-order valence-corrected chi connectivity index (χ4v) is 4.46. The van der Waals surface area contributed by atoms with E-state index in [1.54, 1.807) is 45.3 Å². The Morgan fingerprint density at radius 1 is 1.18 bits per heavy atom. The molecule has 0 heterocycles. The number of ether oxygens (including phenoxy) is 1. The number of amides is 1. The highest BCUT2D eigenvalue weighted by atomic mass is 35.5. The van der Waals surface area contributed by atoms with E-state index in [1.807, 2.05) is 24.3 Å². The van der Waals surface area contributed by atoms with Gasteiger partial charge in [-0.3, -0.25) is 9.10 Å². The van der Waals surface area contributed by atoms with Gasteiger partial charge in [0.25, 0.3) is 0 Å². The third kappa shape index (κ3) is 5.17. The summed E-state index contributed by atoms with van der Waals surface area (Å²) in [4.78, 5) is 14.7. The molecule has 2 aromatic carbocycles. The fourth-order valence-electron chi connectivity index (χ4n) is 3.08. The quantitative estimate of drug-likeness (QED) is 0.649. The Morgan fingerprint density at radius 2 is 1.86 bits per heavy atom. The minimum Gasteiger partial charge on any atom is -0.496 e. The van der Waals surface area contributed by atoms with Crippen LogP contribution in [-0.4, -0.2) is 45.7 Å². The molecule has 1 atom stereocenters. The van der Waals surface area contributed by atoms with Crippen molar-refractivity contribution in [2.24, 2.45) is 0 Å². The summed E-state index contributed by atoms with van der Waals surface area (Å²) in [6.07, 6.45) is 1.40. The van der Waals surface area contributed by atoms with Crippen LogP contribution in [0.1, 0.15) is 18.9 Å². The molecule has 0 radical (unpaired) electrons. The molecule has 2 aromatic rings. The molecule has 6 nitrogen and oxygen atoms in total. The van der Waals surface area contributed by atoms with Crippen LogP contribution in [0.2, 0.25) is 5.02 Å². The third-order valence-electron chi connectivity index (χ3n) is 4.35. The van der Waals surface area contributed by atoms with Crippen molar-refractivity contribution < 1.29 is 17.9 Å². The first-order valence-corrected chi connectivity index (χ1v) is 11.0. The highest BCUT2D eigenvalue weighted by Crippen LogP contribution is 2.27. The van der Waals surface area contributed by atoms with Crippen LogP contribution < -0.4 is 9.04 Å². The van der Waals surface area contributed by atoms with Crippen molar-refractivity contribution in [2.75, 3.05) is 24.7 Å². The van der Waals surface area contributed by atoms with Crippen LogP contribution in [0.25, 0.3) is 0 Å². The Kier molecular flexibility index (Phi) is 7.32. The second-order valence-corrected chi connectivity index (χ2v) is 8.76. The van der Waals surface area contributed by atoms with E-state index in [0.717, 1.165) is 16.1 Å². The van der Waals surface area contributed by atoms with Gasteiger partial charge in [-0.15, -0.1) is 0 Å². The standard InChI is InChI=1S/C20H25ClN2O4S/c1-5-18(23(28(4,25)26)17-11-8-10-16(21)13-17)20(24)22(2)14-15-9-6-7-12-19(15)27-3/h6-13,18H,5,14H2,1-4H3. The van der Waals surface area contributed by atoms with E-state index in [1.165, 1.54) is 4.90 Å². The molecule has 0 bridgehead atoms. The van der Waals surface area contributed by atoms with Gasteiger partial charge in [0.1, 0.15) is 11.8 Å². The van der Waals surface area contributed by atoms with Crippen LogP contribution in [0, 0.1) is 0 Å². The number of likely N-dealkylation sites (N-methyl/N-ethyl adjacent to an activating group) is 1. The Balaban J connectivity index is 2.35.